The van der Waals surface area contributed by atoms with Crippen molar-refractivity contribution in [1.82, 2.24) is 10.2 Å². The maximum absolute atomic E-state index is 10.8. The number of benzene rings is 1. The van der Waals surface area contributed by atoms with E-state index >= 15 is 0 Å². The standard InChI is InChI=1S/C16H22N2O/c1-18-7-5-14(6-8-18)17-16-10-15(16)13-4-2-3-12(9-13)11-19/h2-4,9,11,14-17H,5-8,10H2,1H3. The second-order valence-electron chi connectivity index (χ2n) is 5.98. The van der Waals surface area contributed by atoms with Gasteiger partial charge in [-0.25, -0.2) is 0 Å². The molecule has 1 N–H and O–H groups in total. The molecule has 3 heteroatoms. The lowest BCUT2D eigenvalue weighted by atomic mass is 10.0. The number of carbonyl (C=O) groups is 1. The van der Waals surface area contributed by atoms with Crippen molar-refractivity contribution in [3.05, 3.63) is 35.4 Å². The minimum atomic E-state index is 0.611. The van der Waals surface area contributed by atoms with Crippen LogP contribution < -0.4 is 5.32 Å². The first-order chi connectivity index (χ1) is 9.26. The van der Waals surface area contributed by atoms with Gasteiger partial charge in [0, 0.05) is 23.6 Å². The highest BCUT2D eigenvalue weighted by Gasteiger charge is 2.39. The lowest BCUT2D eigenvalue weighted by Crippen LogP contribution is -2.42. The number of rotatable bonds is 4. The quantitative estimate of drug-likeness (QED) is 0.839. The monoisotopic (exact) mass is 258 g/mol. The zero-order chi connectivity index (χ0) is 13.2. The van der Waals surface area contributed by atoms with Gasteiger partial charge in [-0.15, -0.1) is 0 Å². The van der Waals surface area contributed by atoms with E-state index in [1.54, 1.807) is 0 Å². The molecule has 2 atom stereocenters. The molecule has 2 fully saturated rings. The van der Waals surface area contributed by atoms with E-state index in [0.717, 1.165) is 11.8 Å². The van der Waals surface area contributed by atoms with Gasteiger partial charge in [0.05, 0.1) is 0 Å². The van der Waals surface area contributed by atoms with E-state index in [9.17, 15) is 4.79 Å². The molecule has 1 aliphatic heterocycles. The van der Waals surface area contributed by atoms with E-state index < -0.39 is 0 Å². The molecule has 0 amide bonds. The molecule has 102 valence electrons. The molecule has 1 saturated carbocycles. The summed E-state index contributed by atoms with van der Waals surface area (Å²) in [5.41, 5.74) is 2.11. The van der Waals surface area contributed by atoms with Crippen LogP contribution in [-0.2, 0) is 0 Å². The summed E-state index contributed by atoms with van der Waals surface area (Å²) >= 11 is 0. The fraction of sp³-hybridized carbons (Fsp3) is 0.562. The van der Waals surface area contributed by atoms with Crippen molar-refractivity contribution in [2.24, 2.45) is 0 Å². The maximum Gasteiger partial charge on any atom is 0.150 e. The van der Waals surface area contributed by atoms with Crippen LogP contribution in [0.25, 0.3) is 0 Å². The number of hydrogen-bond acceptors (Lipinski definition) is 3. The van der Waals surface area contributed by atoms with Crippen molar-refractivity contribution in [3.8, 4) is 0 Å². The summed E-state index contributed by atoms with van der Waals surface area (Å²) < 4.78 is 0. The van der Waals surface area contributed by atoms with Gasteiger partial charge in [0.1, 0.15) is 6.29 Å². The molecule has 0 radical (unpaired) electrons. The number of carbonyl (C=O) groups excluding carboxylic acids is 1. The number of piperidine rings is 1. The van der Waals surface area contributed by atoms with E-state index in [1.807, 2.05) is 18.2 Å². The van der Waals surface area contributed by atoms with Gasteiger partial charge in [0.15, 0.2) is 0 Å². The predicted octanol–water partition coefficient (Wildman–Crippen LogP) is 2.04. The zero-order valence-corrected chi connectivity index (χ0v) is 11.5. The Morgan fingerprint density at radius 1 is 1.32 bits per heavy atom. The van der Waals surface area contributed by atoms with Gasteiger partial charge >= 0.3 is 0 Å². The highest BCUT2D eigenvalue weighted by molar-refractivity contribution is 5.75. The first kappa shape index (κ1) is 12.8. The molecule has 1 aromatic carbocycles. The van der Waals surface area contributed by atoms with Gasteiger partial charge in [0.25, 0.3) is 0 Å². The molecular formula is C16H22N2O. The number of hydrogen-bond donors (Lipinski definition) is 1. The van der Waals surface area contributed by atoms with E-state index in [4.69, 9.17) is 0 Å². The van der Waals surface area contributed by atoms with Crippen LogP contribution in [0.5, 0.6) is 0 Å². The van der Waals surface area contributed by atoms with Gasteiger partial charge in [-0.1, -0.05) is 18.2 Å². The highest BCUT2D eigenvalue weighted by atomic mass is 16.1. The fourth-order valence-electron chi connectivity index (χ4n) is 3.09. The third-order valence-electron chi connectivity index (χ3n) is 4.43. The maximum atomic E-state index is 10.8. The van der Waals surface area contributed by atoms with Crippen molar-refractivity contribution < 1.29 is 4.79 Å². The Hall–Kier alpha value is -1.19. The van der Waals surface area contributed by atoms with Crippen LogP contribution >= 0.6 is 0 Å². The molecule has 3 nitrogen and oxygen atoms in total. The molecule has 1 aliphatic carbocycles. The van der Waals surface area contributed by atoms with Crippen molar-refractivity contribution in [1.29, 1.82) is 0 Å². The summed E-state index contributed by atoms with van der Waals surface area (Å²) in [7, 11) is 2.20. The van der Waals surface area contributed by atoms with E-state index in [1.165, 1.54) is 37.9 Å². The number of aldehydes is 1. The van der Waals surface area contributed by atoms with Gasteiger partial charge in [-0.3, -0.25) is 4.79 Å². The SMILES string of the molecule is CN1CCC(NC2CC2c2cccc(C=O)c2)CC1. The molecule has 0 bridgehead atoms. The second kappa shape index (κ2) is 5.43. The molecule has 3 rings (SSSR count). The lowest BCUT2D eigenvalue weighted by Gasteiger charge is -2.29. The third kappa shape index (κ3) is 3.04. The highest BCUT2D eigenvalue weighted by Crippen LogP contribution is 2.41. The topological polar surface area (TPSA) is 32.3 Å². The molecule has 19 heavy (non-hydrogen) atoms. The van der Waals surface area contributed by atoms with E-state index in [2.05, 4.69) is 23.3 Å². The molecule has 0 spiro atoms. The largest absolute Gasteiger partial charge is 0.311 e. The molecule has 2 unspecified atom stereocenters. The van der Waals surface area contributed by atoms with Crippen LogP contribution in [0.3, 0.4) is 0 Å². The first-order valence-corrected chi connectivity index (χ1v) is 7.26. The zero-order valence-electron chi connectivity index (χ0n) is 11.5. The first-order valence-electron chi connectivity index (χ1n) is 7.26. The summed E-state index contributed by atoms with van der Waals surface area (Å²) in [6.45, 7) is 2.41. The summed E-state index contributed by atoms with van der Waals surface area (Å²) in [6.07, 6.45) is 4.67. The minimum Gasteiger partial charge on any atom is -0.311 e. The van der Waals surface area contributed by atoms with Crippen LogP contribution in [0, 0.1) is 0 Å². The van der Waals surface area contributed by atoms with Gasteiger partial charge in [0.2, 0.25) is 0 Å². The fourth-order valence-corrected chi connectivity index (χ4v) is 3.09. The average molecular weight is 258 g/mol. The van der Waals surface area contributed by atoms with E-state index in [0.29, 0.717) is 18.0 Å². The Morgan fingerprint density at radius 2 is 2.11 bits per heavy atom. The summed E-state index contributed by atoms with van der Waals surface area (Å²) in [4.78, 5) is 13.2. The lowest BCUT2D eigenvalue weighted by molar-refractivity contribution is 0.112. The van der Waals surface area contributed by atoms with Gasteiger partial charge < -0.3 is 10.2 Å². The predicted molar refractivity (Wildman–Crippen MR) is 76.6 cm³/mol. The number of likely N-dealkylation sites (tertiary alicyclic amines) is 1. The Kier molecular flexibility index (Phi) is 3.67. The number of nitrogens with zero attached hydrogens (tertiary/aromatic N) is 1. The Labute approximate surface area is 115 Å². The van der Waals surface area contributed by atoms with Crippen molar-refractivity contribution in [2.45, 2.75) is 37.3 Å². The van der Waals surface area contributed by atoms with Crippen molar-refractivity contribution in [2.75, 3.05) is 20.1 Å². The summed E-state index contributed by atoms with van der Waals surface area (Å²) in [6, 6.07) is 9.35. The second-order valence-corrected chi connectivity index (χ2v) is 5.98. The summed E-state index contributed by atoms with van der Waals surface area (Å²) in [5, 5.41) is 3.78. The minimum absolute atomic E-state index is 0.611. The third-order valence-corrected chi connectivity index (χ3v) is 4.43. The van der Waals surface area contributed by atoms with Crippen molar-refractivity contribution >= 4 is 6.29 Å². The van der Waals surface area contributed by atoms with E-state index in [-0.39, 0.29) is 0 Å². The van der Waals surface area contributed by atoms with Crippen LogP contribution in [0.2, 0.25) is 0 Å². The van der Waals surface area contributed by atoms with Gasteiger partial charge in [-0.05, 0) is 51.0 Å². The van der Waals surface area contributed by atoms with Crippen LogP contribution in [0.4, 0.5) is 0 Å². The summed E-state index contributed by atoms with van der Waals surface area (Å²) in [5.74, 6) is 0.611. The Morgan fingerprint density at radius 3 is 2.84 bits per heavy atom. The molecule has 1 aromatic rings. The number of nitrogens with one attached hydrogen (secondary N) is 1. The Balaban J connectivity index is 1.54. The smallest absolute Gasteiger partial charge is 0.150 e. The van der Waals surface area contributed by atoms with Gasteiger partial charge in [-0.2, -0.15) is 0 Å². The molecule has 2 aliphatic rings. The van der Waals surface area contributed by atoms with Crippen LogP contribution in [0.15, 0.2) is 24.3 Å². The molecule has 0 aromatic heterocycles. The molecule has 1 heterocycles. The Bertz CT molecular complexity index is 452. The van der Waals surface area contributed by atoms with Crippen molar-refractivity contribution in [3.63, 3.8) is 0 Å². The van der Waals surface area contributed by atoms with Crippen LogP contribution in [0.1, 0.15) is 41.1 Å². The normalized spacial score (nSPS) is 28.3. The molecule has 1 saturated heterocycles. The van der Waals surface area contributed by atoms with Crippen LogP contribution in [-0.4, -0.2) is 43.4 Å². The average Bonchev–Trinajstić information content (AvgIpc) is 3.21. The molecular weight excluding hydrogens is 236 g/mol.